The predicted octanol–water partition coefficient (Wildman–Crippen LogP) is 3.27. The van der Waals surface area contributed by atoms with Gasteiger partial charge in [-0.2, -0.15) is 18.3 Å². The van der Waals surface area contributed by atoms with Crippen molar-refractivity contribution < 1.29 is 18.0 Å². The monoisotopic (exact) mass is 370 g/mol. The SMILES string of the molecule is Cc1ccc(SCC(F)(F)F)c(NC(=O)c2n[nH]c3c2CNCC3)c1. The van der Waals surface area contributed by atoms with Crippen LogP contribution in [0.2, 0.25) is 0 Å². The number of carbonyl (C=O) groups is 1. The van der Waals surface area contributed by atoms with Gasteiger partial charge in [0, 0.05) is 35.7 Å². The third kappa shape index (κ3) is 4.35. The summed E-state index contributed by atoms with van der Waals surface area (Å²) in [7, 11) is 0. The Morgan fingerprint density at radius 1 is 1.40 bits per heavy atom. The fourth-order valence-electron chi connectivity index (χ4n) is 2.62. The number of halogens is 3. The largest absolute Gasteiger partial charge is 0.398 e. The van der Waals surface area contributed by atoms with Crippen molar-refractivity contribution in [3.63, 3.8) is 0 Å². The summed E-state index contributed by atoms with van der Waals surface area (Å²) in [5, 5.41) is 12.8. The van der Waals surface area contributed by atoms with Gasteiger partial charge in [0.15, 0.2) is 5.69 Å². The molecule has 1 amide bonds. The third-order valence-electron chi connectivity index (χ3n) is 3.80. The van der Waals surface area contributed by atoms with Crippen molar-refractivity contribution in [2.45, 2.75) is 31.0 Å². The topological polar surface area (TPSA) is 69.8 Å². The number of nitrogens with zero attached hydrogens (tertiary/aromatic N) is 1. The highest BCUT2D eigenvalue weighted by molar-refractivity contribution is 7.99. The number of alkyl halides is 3. The molecule has 1 aliphatic heterocycles. The number of nitrogens with one attached hydrogen (secondary N) is 3. The van der Waals surface area contributed by atoms with E-state index in [4.69, 9.17) is 0 Å². The zero-order valence-corrected chi connectivity index (χ0v) is 14.3. The number of amides is 1. The Balaban J connectivity index is 1.81. The summed E-state index contributed by atoms with van der Waals surface area (Å²) in [5.74, 6) is -1.44. The number of H-pyrrole nitrogens is 1. The number of aromatic nitrogens is 2. The smallest absolute Gasteiger partial charge is 0.320 e. The number of aryl methyl sites for hydroxylation is 1. The van der Waals surface area contributed by atoms with Crippen molar-refractivity contribution in [2.24, 2.45) is 0 Å². The van der Waals surface area contributed by atoms with E-state index in [9.17, 15) is 18.0 Å². The molecule has 0 saturated heterocycles. The second-order valence-electron chi connectivity index (χ2n) is 5.81. The second kappa shape index (κ2) is 7.09. The number of thioether (sulfide) groups is 1. The van der Waals surface area contributed by atoms with Crippen LogP contribution in [0.5, 0.6) is 0 Å². The first-order chi connectivity index (χ1) is 11.8. The lowest BCUT2D eigenvalue weighted by Crippen LogP contribution is -2.25. The van der Waals surface area contributed by atoms with Crippen LogP contribution in [0, 0.1) is 6.92 Å². The Bertz CT molecular complexity index is 788. The lowest BCUT2D eigenvalue weighted by atomic mass is 10.1. The molecule has 3 rings (SSSR count). The van der Waals surface area contributed by atoms with Gasteiger partial charge in [0.2, 0.25) is 0 Å². The highest BCUT2D eigenvalue weighted by Crippen LogP contribution is 2.33. The quantitative estimate of drug-likeness (QED) is 0.723. The van der Waals surface area contributed by atoms with Crippen LogP contribution in [0.25, 0.3) is 0 Å². The highest BCUT2D eigenvalue weighted by atomic mass is 32.2. The minimum Gasteiger partial charge on any atom is -0.320 e. The normalized spacial score (nSPS) is 14.2. The standard InChI is InChI=1S/C16H17F3N4OS/c1-9-2-3-13(25-8-16(17,18)19)12(6-9)21-15(24)14-10-7-20-5-4-11(10)22-23-14/h2-3,6,20H,4-5,7-8H2,1H3,(H,21,24)(H,22,23). The molecule has 134 valence electrons. The molecule has 0 aliphatic carbocycles. The van der Waals surface area contributed by atoms with Crippen molar-refractivity contribution in [1.82, 2.24) is 15.5 Å². The number of hydrogen-bond acceptors (Lipinski definition) is 4. The van der Waals surface area contributed by atoms with E-state index in [1.165, 1.54) is 0 Å². The lowest BCUT2D eigenvalue weighted by molar-refractivity contribution is -0.105. The van der Waals surface area contributed by atoms with Gasteiger partial charge in [-0.3, -0.25) is 9.89 Å². The Morgan fingerprint density at radius 2 is 2.20 bits per heavy atom. The molecule has 0 fully saturated rings. The maximum absolute atomic E-state index is 12.6. The van der Waals surface area contributed by atoms with Crippen LogP contribution in [0.4, 0.5) is 18.9 Å². The average molecular weight is 370 g/mol. The molecule has 1 aromatic carbocycles. The van der Waals surface area contributed by atoms with E-state index >= 15 is 0 Å². The van der Waals surface area contributed by atoms with Crippen molar-refractivity contribution >= 4 is 23.4 Å². The van der Waals surface area contributed by atoms with Crippen LogP contribution in [-0.2, 0) is 13.0 Å². The molecule has 2 heterocycles. The maximum Gasteiger partial charge on any atom is 0.398 e. The Morgan fingerprint density at radius 3 is 2.96 bits per heavy atom. The van der Waals surface area contributed by atoms with Crippen LogP contribution < -0.4 is 10.6 Å². The second-order valence-corrected chi connectivity index (χ2v) is 6.83. The fraction of sp³-hybridized carbons (Fsp3) is 0.375. The van der Waals surface area contributed by atoms with Crippen LogP contribution in [0.15, 0.2) is 23.1 Å². The number of rotatable bonds is 4. The molecule has 5 nitrogen and oxygen atoms in total. The zero-order valence-electron chi connectivity index (χ0n) is 13.5. The molecule has 1 aromatic heterocycles. The van der Waals surface area contributed by atoms with Crippen LogP contribution in [0.1, 0.15) is 27.3 Å². The zero-order chi connectivity index (χ0) is 18.0. The van der Waals surface area contributed by atoms with E-state index < -0.39 is 17.8 Å². The molecule has 9 heteroatoms. The molecule has 0 spiro atoms. The van der Waals surface area contributed by atoms with Crippen molar-refractivity contribution in [3.8, 4) is 0 Å². The third-order valence-corrected chi connectivity index (χ3v) is 4.93. The summed E-state index contributed by atoms with van der Waals surface area (Å²) >= 11 is 0.650. The summed E-state index contributed by atoms with van der Waals surface area (Å²) in [6.07, 6.45) is -3.52. The van der Waals surface area contributed by atoms with Gasteiger partial charge in [-0.15, -0.1) is 11.8 Å². The number of carbonyl (C=O) groups excluding carboxylic acids is 1. The molecular formula is C16H17F3N4OS. The lowest BCUT2D eigenvalue weighted by Gasteiger charge is -2.14. The van der Waals surface area contributed by atoms with Gasteiger partial charge in [-0.25, -0.2) is 0 Å². The Hall–Kier alpha value is -2.00. The van der Waals surface area contributed by atoms with Gasteiger partial charge in [0.25, 0.3) is 5.91 Å². The van der Waals surface area contributed by atoms with Crippen LogP contribution in [-0.4, -0.2) is 34.6 Å². The molecule has 3 N–H and O–H groups in total. The summed E-state index contributed by atoms with van der Waals surface area (Å²) in [6, 6.07) is 4.96. The van der Waals surface area contributed by atoms with Gasteiger partial charge in [0.05, 0.1) is 11.4 Å². The number of fused-ring (bicyclic) bond motifs is 1. The van der Waals surface area contributed by atoms with E-state index in [-0.39, 0.29) is 5.69 Å². The fourth-order valence-corrected chi connectivity index (χ4v) is 3.37. The molecule has 0 saturated carbocycles. The molecule has 0 bridgehead atoms. The Kier molecular flexibility index (Phi) is 5.05. The number of benzene rings is 1. The predicted molar refractivity (Wildman–Crippen MR) is 89.9 cm³/mol. The molecule has 0 unspecified atom stereocenters. The molecule has 25 heavy (non-hydrogen) atoms. The van der Waals surface area contributed by atoms with Gasteiger partial charge in [-0.05, 0) is 24.6 Å². The minimum absolute atomic E-state index is 0.274. The van der Waals surface area contributed by atoms with Crippen molar-refractivity contribution in [2.75, 3.05) is 17.6 Å². The Labute approximate surface area is 146 Å². The first-order valence-electron chi connectivity index (χ1n) is 7.72. The van der Waals surface area contributed by atoms with E-state index in [0.717, 1.165) is 29.8 Å². The average Bonchev–Trinajstić information content (AvgIpc) is 2.97. The van der Waals surface area contributed by atoms with Crippen molar-refractivity contribution in [3.05, 3.63) is 40.7 Å². The molecule has 0 radical (unpaired) electrons. The maximum atomic E-state index is 12.6. The summed E-state index contributed by atoms with van der Waals surface area (Å²) in [4.78, 5) is 12.9. The molecule has 0 atom stereocenters. The van der Waals surface area contributed by atoms with Crippen LogP contribution >= 0.6 is 11.8 Å². The van der Waals surface area contributed by atoms with E-state index in [0.29, 0.717) is 28.9 Å². The van der Waals surface area contributed by atoms with E-state index in [1.54, 1.807) is 18.2 Å². The minimum atomic E-state index is -4.27. The van der Waals surface area contributed by atoms with Gasteiger partial charge in [0.1, 0.15) is 0 Å². The number of anilines is 1. The highest BCUT2D eigenvalue weighted by Gasteiger charge is 2.28. The summed E-state index contributed by atoms with van der Waals surface area (Å²) in [5.41, 5.74) is 3.20. The number of aromatic amines is 1. The van der Waals surface area contributed by atoms with Gasteiger partial charge in [-0.1, -0.05) is 6.07 Å². The number of hydrogen-bond donors (Lipinski definition) is 3. The molecule has 2 aromatic rings. The van der Waals surface area contributed by atoms with E-state index in [2.05, 4.69) is 20.8 Å². The molecule has 1 aliphatic rings. The van der Waals surface area contributed by atoms with E-state index in [1.807, 2.05) is 6.92 Å². The summed E-state index contributed by atoms with van der Waals surface area (Å²) in [6.45, 7) is 3.17. The summed E-state index contributed by atoms with van der Waals surface area (Å²) < 4.78 is 37.5. The molecular weight excluding hydrogens is 353 g/mol. The van der Waals surface area contributed by atoms with Gasteiger partial charge < -0.3 is 10.6 Å². The first-order valence-corrected chi connectivity index (χ1v) is 8.70. The van der Waals surface area contributed by atoms with Crippen molar-refractivity contribution in [1.29, 1.82) is 0 Å². The first kappa shape index (κ1) is 17.8. The van der Waals surface area contributed by atoms with Crippen LogP contribution in [0.3, 0.4) is 0 Å². The van der Waals surface area contributed by atoms with Gasteiger partial charge >= 0.3 is 6.18 Å².